The van der Waals surface area contributed by atoms with Crippen LogP contribution in [0.5, 0.6) is 0 Å². The third-order valence-electron chi connectivity index (χ3n) is 2.70. The number of hydrogen-bond acceptors (Lipinski definition) is 4. The Morgan fingerprint density at radius 3 is 2.35 bits per heavy atom. The Morgan fingerprint density at radius 2 is 1.75 bits per heavy atom. The van der Waals surface area contributed by atoms with Gasteiger partial charge in [-0.2, -0.15) is 0 Å². The van der Waals surface area contributed by atoms with E-state index in [4.69, 9.17) is 5.84 Å². The van der Waals surface area contributed by atoms with Gasteiger partial charge in [0.1, 0.15) is 5.82 Å². The van der Waals surface area contributed by atoms with Gasteiger partial charge in [0.25, 0.3) is 10.0 Å². The molecule has 4 N–H and O–H groups in total. The van der Waals surface area contributed by atoms with Crippen molar-refractivity contribution in [1.29, 1.82) is 0 Å². The standard InChI is InChI=1S/C13H14FN3O2S/c1-9-2-7-12(14)13(8-9)17-20(18,19)11-5-3-10(16-15)4-6-11/h2-8,16-17H,15H2,1H3. The minimum Gasteiger partial charge on any atom is -0.324 e. The minimum atomic E-state index is -3.84. The van der Waals surface area contributed by atoms with E-state index in [0.717, 1.165) is 5.56 Å². The van der Waals surface area contributed by atoms with E-state index in [1.807, 2.05) is 0 Å². The lowest BCUT2D eigenvalue weighted by Crippen LogP contribution is -2.14. The van der Waals surface area contributed by atoms with Gasteiger partial charge < -0.3 is 5.43 Å². The summed E-state index contributed by atoms with van der Waals surface area (Å²) in [4.78, 5) is 0.0254. The summed E-state index contributed by atoms with van der Waals surface area (Å²) >= 11 is 0. The number of aryl methyl sites for hydroxylation is 1. The summed E-state index contributed by atoms with van der Waals surface area (Å²) in [6.07, 6.45) is 0. The molecule has 0 aromatic heterocycles. The van der Waals surface area contributed by atoms with E-state index in [2.05, 4.69) is 10.1 Å². The summed E-state index contributed by atoms with van der Waals surface area (Å²) < 4.78 is 40.1. The lowest BCUT2D eigenvalue weighted by molar-refractivity contribution is 0.598. The summed E-state index contributed by atoms with van der Waals surface area (Å²) in [5.74, 6) is 4.58. The van der Waals surface area contributed by atoms with E-state index in [1.54, 1.807) is 13.0 Å². The summed E-state index contributed by atoms with van der Waals surface area (Å²) in [5.41, 5.74) is 3.65. The first-order chi connectivity index (χ1) is 9.42. The molecule has 0 atom stereocenters. The molecular formula is C13H14FN3O2S. The van der Waals surface area contributed by atoms with Gasteiger partial charge >= 0.3 is 0 Å². The molecule has 2 rings (SSSR count). The number of halogens is 1. The van der Waals surface area contributed by atoms with Crippen molar-refractivity contribution in [3.8, 4) is 0 Å². The maximum atomic E-state index is 13.6. The van der Waals surface area contributed by atoms with Gasteiger partial charge in [-0.1, -0.05) is 6.07 Å². The minimum absolute atomic E-state index is 0.0254. The van der Waals surface area contributed by atoms with Crippen LogP contribution in [-0.4, -0.2) is 8.42 Å². The predicted molar refractivity (Wildman–Crippen MR) is 76.2 cm³/mol. The maximum Gasteiger partial charge on any atom is 0.261 e. The lowest BCUT2D eigenvalue weighted by Gasteiger charge is -2.10. The van der Waals surface area contributed by atoms with E-state index in [0.29, 0.717) is 5.69 Å². The van der Waals surface area contributed by atoms with Gasteiger partial charge in [-0.05, 0) is 48.9 Å². The second kappa shape index (κ2) is 5.48. The van der Waals surface area contributed by atoms with Crippen molar-refractivity contribution in [1.82, 2.24) is 0 Å². The van der Waals surface area contributed by atoms with Crippen LogP contribution < -0.4 is 16.0 Å². The van der Waals surface area contributed by atoms with Crippen LogP contribution in [0, 0.1) is 12.7 Å². The van der Waals surface area contributed by atoms with Gasteiger partial charge in [-0.15, -0.1) is 0 Å². The number of nitrogen functional groups attached to an aromatic ring is 1. The van der Waals surface area contributed by atoms with Crippen molar-refractivity contribution < 1.29 is 12.8 Å². The first-order valence-corrected chi connectivity index (χ1v) is 7.26. The normalized spacial score (nSPS) is 11.2. The smallest absolute Gasteiger partial charge is 0.261 e. The molecule has 0 saturated heterocycles. The van der Waals surface area contributed by atoms with Gasteiger partial charge in [0.2, 0.25) is 0 Å². The van der Waals surface area contributed by atoms with Crippen LogP contribution >= 0.6 is 0 Å². The van der Waals surface area contributed by atoms with E-state index < -0.39 is 15.8 Å². The predicted octanol–water partition coefficient (Wildman–Crippen LogP) is 2.22. The SMILES string of the molecule is Cc1ccc(F)c(NS(=O)(=O)c2ccc(NN)cc2)c1. The van der Waals surface area contributed by atoms with Gasteiger partial charge in [0.05, 0.1) is 10.6 Å². The zero-order valence-corrected chi connectivity index (χ0v) is 11.5. The Labute approximate surface area is 116 Å². The van der Waals surface area contributed by atoms with Crippen LogP contribution in [0.3, 0.4) is 0 Å². The molecule has 0 heterocycles. The average Bonchev–Trinajstić information content (AvgIpc) is 2.43. The van der Waals surface area contributed by atoms with Crippen molar-refractivity contribution in [2.45, 2.75) is 11.8 Å². The van der Waals surface area contributed by atoms with Gasteiger partial charge in [0.15, 0.2) is 0 Å². The van der Waals surface area contributed by atoms with Crippen molar-refractivity contribution in [3.05, 3.63) is 53.8 Å². The second-order valence-electron chi connectivity index (χ2n) is 4.26. The van der Waals surface area contributed by atoms with E-state index in [9.17, 15) is 12.8 Å². The molecule has 0 aliphatic carbocycles. The fourth-order valence-electron chi connectivity index (χ4n) is 1.65. The number of rotatable bonds is 4. The fraction of sp³-hybridized carbons (Fsp3) is 0.0769. The second-order valence-corrected chi connectivity index (χ2v) is 5.94. The summed E-state index contributed by atoms with van der Waals surface area (Å²) in [7, 11) is -3.84. The van der Waals surface area contributed by atoms with Gasteiger partial charge in [-0.3, -0.25) is 10.6 Å². The van der Waals surface area contributed by atoms with Crippen LogP contribution in [0.25, 0.3) is 0 Å². The maximum absolute atomic E-state index is 13.6. The largest absolute Gasteiger partial charge is 0.324 e. The Bertz CT molecular complexity index is 715. The van der Waals surface area contributed by atoms with Crippen LogP contribution in [-0.2, 0) is 10.0 Å². The lowest BCUT2D eigenvalue weighted by atomic mass is 10.2. The summed E-state index contributed by atoms with van der Waals surface area (Å²) in [5, 5.41) is 0. The molecule has 0 fully saturated rings. The van der Waals surface area contributed by atoms with Crippen molar-refractivity contribution in [2.24, 2.45) is 5.84 Å². The molecule has 0 aliphatic heterocycles. The third kappa shape index (κ3) is 3.06. The molecule has 0 aliphatic rings. The van der Waals surface area contributed by atoms with E-state index >= 15 is 0 Å². The molecule has 5 nitrogen and oxygen atoms in total. The number of nitrogens with one attached hydrogen (secondary N) is 2. The molecule has 7 heteroatoms. The van der Waals surface area contributed by atoms with Crippen molar-refractivity contribution >= 4 is 21.4 Å². The highest BCUT2D eigenvalue weighted by Gasteiger charge is 2.16. The molecule has 106 valence electrons. The van der Waals surface area contributed by atoms with Crippen LogP contribution in [0.1, 0.15) is 5.56 Å². The Morgan fingerprint density at radius 1 is 1.10 bits per heavy atom. The number of anilines is 2. The van der Waals surface area contributed by atoms with E-state index in [-0.39, 0.29) is 10.6 Å². The zero-order valence-electron chi connectivity index (χ0n) is 10.7. The van der Waals surface area contributed by atoms with Gasteiger partial charge in [0, 0.05) is 5.69 Å². The van der Waals surface area contributed by atoms with Crippen LogP contribution in [0.15, 0.2) is 47.4 Å². The summed E-state index contributed by atoms with van der Waals surface area (Å²) in [6.45, 7) is 1.75. The van der Waals surface area contributed by atoms with E-state index in [1.165, 1.54) is 36.4 Å². The quantitative estimate of drug-likeness (QED) is 0.596. The number of nitrogens with two attached hydrogens (primary N) is 1. The number of benzene rings is 2. The Balaban J connectivity index is 2.32. The first-order valence-electron chi connectivity index (χ1n) is 5.78. The molecule has 20 heavy (non-hydrogen) atoms. The molecule has 0 amide bonds. The highest BCUT2D eigenvalue weighted by atomic mass is 32.2. The highest BCUT2D eigenvalue weighted by Crippen LogP contribution is 2.21. The molecule has 0 spiro atoms. The molecule has 0 radical (unpaired) electrons. The summed E-state index contributed by atoms with van der Waals surface area (Å²) in [6, 6.07) is 10.0. The third-order valence-corrected chi connectivity index (χ3v) is 4.08. The number of hydrazine groups is 1. The molecular weight excluding hydrogens is 281 g/mol. The molecule has 2 aromatic rings. The molecule has 2 aromatic carbocycles. The first kappa shape index (κ1) is 14.3. The highest BCUT2D eigenvalue weighted by molar-refractivity contribution is 7.92. The van der Waals surface area contributed by atoms with Crippen LogP contribution in [0.2, 0.25) is 0 Å². The average molecular weight is 295 g/mol. The monoisotopic (exact) mass is 295 g/mol. The Hall–Kier alpha value is -2.12. The van der Waals surface area contributed by atoms with Crippen molar-refractivity contribution in [2.75, 3.05) is 10.1 Å². The molecule has 0 saturated carbocycles. The Kier molecular flexibility index (Phi) is 3.91. The molecule has 0 bridgehead atoms. The zero-order chi connectivity index (χ0) is 14.8. The van der Waals surface area contributed by atoms with Crippen molar-refractivity contribution in [3.63, 3.8) is 0 Å². The molecule has 0 unspecified atom stereocenters. The van der Waals surface area contributed by atoms with Gasteiger partial charge in [-0.25, -0.2) is 12.8 Å². The fourth-order valence-corrected chi connectivity index (χ4v) is 2.71. The number of sulfonamides is 1. The van der Waals surface area contributed by atoms with Crippen LogP contribution in [0.4, 0.5) is 15.8 Å². The topological polar surface area (TPSA) is 84.2 Å². The number of hydrogen-bond donors (Lipinski definition) is 3.